The Bertz CT molecular complexity index is 256. The molecule has 1 aromatic rings. The van der Waals surface area contributed by atoms with Gasteiger partial charge in [0, 0.05) is 12.4 Å². The molecule has 0 aromatic carbocycles. The van der Waals surface area contributed by atoms with Crippen molar-refractivity contribution in [2.75, 3.05) is 0 Å². The van der Waals surface area contributed by atoms with E-state index in [2.05, 4.69) is 9.97 Å². The van der Waals surface area contributed by atoms with Gasteiger partial charge in [0.1, 0.15) is 6.10 Å². The Morgan fingerprint density at radius 2 is 1.92 bits per heavy atom. The molecular weight excluding hydrogens is 168 g/mol. The predicted molar refractivity (Wildman–Crippen MR) is 48.4 cm³/mol. The third-order valence-corrected chi connectivity index (χ3v) is 1.82. The van der Waals surface area contributed by atoms with E-state index < -0.39 is 5.60 Å². The summed E-state index contributed by atoms with van der Waals surface area (Å²) >= 11 is 0. The Hall–Kier alpha value is -1.16. The summed E-state index contributed by atoms with van der Waals surface area (Å²) in [7, 11) is 0. The number of aromatic nitrogens is 2. The van der Waals surface area contributed by atoms with Gasteiger partial charge >= 0.3 is 6.01 Å². The van der Waals surface area contributed by atoms with E-state index >= 15 is 0 Å². The first-order valence-electron chi connectivity index (χ1n) is 4.16. The van der Waals surface area contributed by atoms with E-state index in [1.807, 2.05) is 0 Å². The average Bonchev–Trinajstić information content (AvgIpc) is 2.04. The van der Waals surface area contributed by atoms with Crippen LogP contribution in [0, 0.1) is 0 Å². The first-order chi connectivity index (χ1) is 6.00. The number of rotatable bonds is 3. The van der Waals surface area contributed by atoms with Gasteiger partial charge in [-0.2, -0.15) is 0 Å². The van der Waals surface area contributed by atoms with Crippen molar-refractivity contribution in [3.05, 3.63) is 18.5 Å². The summed E-state index contributed by atoms with van der Waals surface area (Å²) in [5, 5.41) is 9.57. The van der Waals surface area contributed by atoms with Crippen molar-refractivity contribution in [2.45, 2.75) is 32.5 Å². The second-order valence-electron chi connectivity index (χ2n) is 3.45. The molecule has 1 heterocycles. The fraction of sp³-hybridized carbons (Fsp3) is 0.556. The van der Waals surface area contributed by atoms with Crippen molar-refractivity contribution in [2.24, 2.45) is 0 Å². The Balaban J connectivity index is 2.61. The molecule has 0 radical (unpaired) electrons. The fourth-order valence-electron chi connectivity index (χ4n) is 0.649. The van der Waals surface area contributed by atoms with Crippen molar-refractivity contribution in [3.8, 4) is 6.01 Å². The number of aliphatic hydroxyl groups is 1. The van der Waals surface area contributed by atoms with Crippen LogP contribution in [0.15, 0.2) is 18.5 Å². The predicted octanol–water partition coefficient (Wildman–Crippen LogP) is 1.01. The molecule has 4 heteroatoms. The molecule has 13 heavy (non-hydrogen) atoms. The van der Waals surface area contributed by atoms with Gasteiger partial charge in [0.15, 0.2) is 0 Å². The molecular formula is C9H14N2O2. The third kappa shape index (κ3) is 2.99. The quantitative estimate of drug-likeness (QED) is 0.758. The SMILES string of the molecule is CC(Oc1ncccn1)C(C)(C)O. The van der Waals surface area contributed by atoms with Crippen molar-refractivity contribution in [1.29, 1.82) is 0 Å². The highest BCUT2D eigenvalue weighted by Gasteiger charge is 2.24. The van der Waals surface area contributed by atoms with E-state index in [9.17, 15) is 5.11 Å². The van der Waals surface area contributed by atoms with Crippen molar-refractivity contribution < 1.29 is 9.84 Å². The van der Waals surface area contributed by atoms with Crippen LogP contribution < -0.4 is 4.74 Å². The average molecular weight is 182 g/mol. The minimum atomic E-state index is -0.890. The van der Waals surface area contributed by atoms with E-state index in [1.54, 1.807) is 39.2 Å². The normalized spacial score (nSPS) is 13.8. The second-order valence-corrected chi connectivity index (χ2v) is 3.45. The lowest BCUT2D eigenvalue weighted by atomic mass is 10.0. The largest absolute Gasteiger partial charge is 0.457 e. The minimum absolute atomic E-state index is 0.289. The molecule has 0 amide bonds. The standard InChI is InChI=1S/C9H14N2O2/c1-7(9(2,3)12)13-8-10-5-4-6-11-8/h4-7,12H,1-3H3. The van der Waals surface area contributed by atoms with Crippen LogP contribution in [0.1, 0.15) is 20.8 Å². The van der Waals surface area contributed by atoms with Gasteiger partial charge in [-0.25, -0.2) is 9.97 Å². The number of hydrogen-bond donors (Lipinski definition) is 1. The molecule has 1 N–H and O–H groups in total. The summed E-state index contributed by atoms with van der Waals surface area (Å²) in [6, 6.07) is 2.00. The minimum Gasteiger partial charge on any atom is -0.457 e. The zero-order chi connectivity index (χ0) is 9.90. The van der Waals surface area contributed by atoms with Crippen LogP contribution in [0.25, 0.3) is 0 Å². The molecule has 0 bridgehead atoms. The summed E-state index contributed by atoms with van der Waals surface area (Å²) in [5.74, 6) is 0. The highest BCUT2D eigenvalue weighted by Crippen LogP contribution is 2.13. The highest BCUT2D eigenvalue weighted by molar-refractivity contribution is 4.95. The van der Waals surface area contributed by atoms with Gasteiger partial charge in [-0.15, -0.1) is 0 Å². The van der Waals surface area contributed by atoms with E-state index in [4.69, 9.17) is 4.74 Å². The number of nitrogens with zero attached hydrogens (tertiary/aromatic N) is 2. The molecule has 0 aliphatic heterocycles. The van der Waals surface area contributed by atoms with Crippen molar-refractivity contribution >= 4 is 0 Å². The lowest BCUT2D eigenvalue weighted by molar-refractivity contribution is -0.0280. The molecule has 1 unspecified atom stereocenters. The molecule has 0 fully saturated rings. The topological polar surface area (TPSA) is 55.2 Å². The first kappa shape index (κ1) is 9.92. The first-order valence-corrected chi connectivity index (χ1v) is 4.16. The monoisotopic (exact) mass is 182 g/mol. The molecule has 0 saturated carbocycles. The number of hydrogen-bond acceptors (Lipinski definition) is 4. The van der Waals surface area contributed by atoms with Crippen LogP contribution in [-0.4, -0.2) is 26.8 Å². The van der Waals surface area contributed by atoms with Gasteiger partial charge in [-0.3, -0.25) is 0 Å². The van der Waals surface area contributed by atoms with Crippen LogP contribution in [0.3, 0.4) is 0 Å². The lowest BCUT2D eigenvalue weighted by Gasteiger charge is -2.25. The summed E-state index contributed by atoms with van der Waals surface area (Å²) in [5.41, 5.74) is -0.890. The van der Waals surface area contributed by atoms with Gasteiger partial charge in [-0.1, -0.05) is 0 Å². The Labute approximate surface area is 77.6 Å². The summed E-state index contributed by atoms with van der Waals surface area (Å²) in [6.07, 6.45) is 2.86. The van der Waals surface area contributed by atoms with Gasteiger partial charge in [0.25, 0.3) is 0 Å². The molecule has 1 rings (SSSR count). The maximum absolute atomic E-state index is 9.57. The smallest absolute Gasteiger partial charge is 0.316 e. The second kappa shape index (κ2) is 3.70. The van der Waals surface area contributed by atoms with E-state index in [1.165, 1.54) is 0 Å². The van der Waals surface area contributed by atoms with Crippen LogP contribution in [-0.2, 0) is 0 Å². The molecule has 4 nitrogen and oxygen atoms in total. The van der Waals surface area contributed by atoms with Crippen LogP contribution in [0.4, 0.5) is 0 Å². The maximum atomic E-state index is 9.57. The van der Waals surface area contributed by atoms with E-state index in [-0.39, 0.29) is 12.1 Å². The molecule has 0 aliphatic carbocycles. The Morgan fingerprint density at radius 1 is 1.38 bits per heavy atom. The molecule has 1 aromatic heterocycles. The summed E-state index contributed by atoms with van der Waals surface area (Å²) in [6.45, 7) is 5.14. The molecule has 1 atom stereocenters. The van der Waals surface area contributed by atoms with Crippen molar-refractivity contribution in [3.63, 3.8) is 0 Å². The van der Waals surface area contributed by atoms with E-state index in [0.717, 1.165) is 0 Å². The van der Waals surface area contributed by atoms with Gasteiger partial charge in [0.05, 0.1) is 5.60 Å². The highest BCUT2D eigenvalue weighted by atomic mass is 16.5. The molecule has 0 aliphatic rings. The fourth-order valence-corrected chi connectivity index (χ4v) is 0.649. The third-order valence-electron chi connectivity index (χ3n) is 1.82. The van der Waals surface area contributed by atoms with Crippen LogP contribution >= 0.6 is 0 Å². The zero-order valence-electron chi connectivity index (χ0n) is 8.06. The van der Waals surface area contributed by atoms with Gasteiger partial charge in [-0.05, 0) is 26.8 Å². The van der Waals surface area contributed by atoms with Gasteiger partial charge < -0.3 is 9.84 Å². The molecule has 0 spiro atoms. The van der Waals surface area contributed by atoms with E-state index in [0.29, 0.717) is 0 Å². The zero-order valence-corrected chi connectivity index (χ0v) is 8.06. The summed E-state index contributed by atoms with van der Waals surface area (Å²) < 4.78 is 5.31. The van der Waals surface area contributed by atoms with Gasteiger partial charge in [0.2, 0.25) is 0 Å². The van der Waals surface area contributed by atoms with Crippen molar-refractivity contribution in [1.82, 2.24) is 9.97 Å². The molecule has 72 valence electrons. The molecule has 0 saturated heterocycles. The Morgan fingerprint density at radius 3 is 2.38 bits per heavy atom. The summed E-state index contributed by atoms with van der Waals surface area (Å²) in [4.78, 5) is 7.78. The number of ether oxygens (including phenoxy) is 1. The van der Waals surface area contributed by atoms with Crippen LogP contribution in [0.5, 0.6) is 6.01 Å². The lowest BCUT2D eigenvalue weighted by Crippen LogP contribution is -2.38. The maximum Gasteiger partial charge on any atom is 0.316 e. The Kier molecular flexibility index (Phi) is 2.83. The van der Waals surface area contributed by atoms with Crippen LogP contribution in [0.2, 0.25) is 0 Å².